The third-order valence-corrected chi connectivity index (χ3v) is 1.73. The Morgan fingerprint density at radius 2 is 2.00 bits per heavy atom. The predicted molar refractivity (Wildman–Crippen MR) is 58.7 cm³/mol. The van der Waals surface area contributed by atoms with Crippen molar-refractivity contribution in [2.24, 2.45) is 0 Å². The number of unbranched alkanes of at least 4 members (excludes halogenated alkanes) is 2. The highest BCUT2D eigenvalue weighted by Crippen LogP contribution is 2.07. The lowest BCUT2D eigenvalue weighted by molar-refractivity contribution is 0.429. The summed E-state index contributed by atoms with van der Waals surface area (Å²) in [6.07, 6.45) is 10.4. The summed E-state index contributed by atoms with van der Waals surface area (Å²) in [4.78, 5) is 0. The van der Waals surface area contributed by atoms with Gasteiger partial charge >= 0.3 is 0 Å². The molecule has 0 radical (unpaired) electrons. The highest BCUT2D eigenvalue weighted by Gasteiger charge is 1.91. The average molecular weight is 178 g/mol. The molecule has 0 spiro atoms. The van der Waals surface area contributed by atoms with Crippen molar-refractivity contribution >= 4 is 0 Å². The Balaban J connectivity index is 4.20. The molecule has 0 rings (SSSR count). The first-order chi connectivity index (χ1) is 6.26. The van der Waals surface area contributed by atoms with Gasteiger partial charge in [0.1, 0.15) is 5.76 Å². The Morgan fingerprint density at radius 1 is 1.31 bits per heavy atom. The van der Waals surface area contributed by atoms with E-state index in [1.807, 2.05) is 12.2 Å². The molecule has 0 atom stereocenters. The van der Waals surface area contributed by atoms with Gasteiger partial charge in [-0.25, -0.2) is 0 Å². The summed E-state index contributed by atoms with van der Waals surface area (Å²) in [5.74, 6) is 0.183. The molecule has 0 aromatic heterocycles. The first kappa shape index (κ1) is 11.8. The van der Waals surface area contributed by atoms with Gasteiger partial charge < -0.3 is 5.11 Å². The number of aliphatic hydroxyl groups is 1. The van der Waals surface area contributed by atoms with Crippen molar-refractivity contribution in [1.82, 2.24) is 0 Å². The van der Waals surface area contributed by atoms with E-state index in [1.165, 1.54) is 18.9 Å². The molecule has 0 saturated carbocycles. The smallest absolute Gasteiger partial charge is 0.122 e. The molecule has 0 aliphatic rings. The van der Waals surface area contributed by atoms with Gasteiger partial charge in [-0.2, -0.15) is 0 Å². The first-order valence-corrected chi connectivity index (χ1v) is 4.60. The van der Waals surface area contributed by atoms with E-state index in [9.17, 15) is 5.11 Å². The highest BCUT2D eigenvalue weighted by atomic mass is 16.3. The van der Waals surface area contributed by atoms with Gasteiger partial charge in [-0.15, -0.1) is 0 Å². The second-order valence-electron chi connectivity index (χ2n) is 2.79. The topological polar surface area (TPSA) is 20.2 Å². The van der Waals surface area contributed by atoms with E-state index in [4.69, 9.17) is 0 Å². The first-order valence-electron chi connectivity index (χ1n) is 4.60. The Morgan fingerprint density at radius 3 is 2.46 bits per heavy atom. The maximum Gasteiger partial charge on any atom is 0.122 e. The van der Waals surface area contributed by atoms with E-state index in [0.717, 1.165) is 12.0 Å². The van der Waals surface area contributed by atoms with Crippen molar-refractivity contribution in [3.63, 3.8) is 0 Å². The van der Waals surface area contributed by atoms with Crippen molar-refractivity contribution < 1.29 is 5.11 Å². The van der Waals surface area contributed by atoms with Gasteiger partial charge in [0.15, 0.2) is 0 Å². The summed E-state index contributed by atoms with van der Waals surface area (Å²) in [5, 5.41) is 9.31. The fraction of sp³-hybridized carbons (Fsp3) is 0.333. The van der Waals surface area contributed by atoms with Crippen LogP contribution in [0.25, 0.3) is 0 Å². The van der Waals surface area contributed by atoms with Crippen LogP contribution >= 0.6 is 0 Å². The fourth-order valence-electron chi connectivity index (χ4n) is 0.908. The average Bonchev–Trinajstić information content (AvgIpc) is 2.17. The number of allylic oxidation sites excluding steroid dienone is 5. The zero-order valence-corrected chi connectivity index (χ0v) is 8.29. The summed E-state index contributed by atoms with van der Waals surface area (Å²) in [7, 11) is 0. The lowest BCUT2D eigenvalue weighted by atomic mass is 10.1. The molecule has 1 heteroatoms. The lowest BCUT2D eigenvalue weighted by Gasteiger charge is -1.96. The van der Waals surface area contributed by atoms with Crippen molar-refractivity contribution in [2.75, 3.05) is 0 Å². The van der Waals surface area contributed by atoms with Gasteiger partial charge in [0.2, 0.25) is 0 Å². The maximum atomic E-state index is 9.31. The maximum absolute atomic E-state index is 9.31. The van der Waals surface area contributed by atoms with Crippen LogP contribution in [0.2, 0.25) is 0 Å². The predicted octanol–water partition coefficient (Wildman–Crippen LogP) is 3.92. The Kier molecular flexibility index (Phi) is 6.70. The molecule has 0 aromatic carbocycles. The molecular weight excluding hydrogens is 160 g/mol. The molecule has 0 saturated heterocycles. The SMILES string of the molecule is C=CC(O)=C(C=C)C=CCCCC. The minimum Gasteiger partial charge on any atom is -0.507 e. The quantitative estimate of drug-likeness (QED) is 0.371. The van der Waals surface area contributed by atoms with Crippen LogP contribution in [-0.4, -0.2) is 5.11 Å². The summed E-state index contributed by atoms with van der Waals surface area (Å²) in [5.41, 5.74) is 0.728. The molecule has 13 heavy (non-hydrogen) atoms. The van der Waals surface area contributed by atoms with E-state index in [2.05, 4.69) is 20.1 Å². The number of aliphatic hydroxyl groups excluding tert-OH is 1. The van der Waals surface area contributed by atoms with Crippen LogP contribution in [0.1, 0.15) is 26.2 Å². The van der Waals surface area contributed by atoms with Gasteiger partial charge in [0, 0.05) is 5.57 Å². The molecule has 0 aliphatic carbocycles. The largest absolute Gasteiger partial charge is 0.507 e. The number of hydrogen-bond donors (Lipinski definition) is 1. The van der Waals surface area contributed by atoms with E-state index >= 15 is 0 Å². The Hall–Kier alpha value is -1.24. The standard InChI is InChI=1S/C12H18O/c1-4-7-8-9-10-11(5-2)12(13)6-3/h5-6,9-10,13H,2-4,7-8H2,1H3. The van der Waals surface area contributed by atoms with Crippen LogP contribution in [0, 0.1) is 0 Å². The van der Waals surface area contributed by atoms with Gasteiger partial charge in [0.05, 0.1) is 0 Å². The van der Waals surface area contributed by atoms with Crippen LogP contribution in [-0.2, 0) is 0 Å². The lowest BCUT2D eigenvalue weighted by Crippen LogP contribution is -1.80. The molecule has 72 valence electrons. The third kappa shape index (κ3) is 5.07. The van der Waals surface area contributed by atoms with Crippen molar-refractivity contribution in [2.45, 2.75) is 26.2 Å². The minimum absolute atomic E-state index is 0.183. The van der Waals surface area contributed by atoms with Crippen LogP contribution < -0.4 is 0 Å². The zero-order chi connectivity index (χ0) is 10.1. The molecule has 0 amide bonds. The van der Waals surface area contributed by atoms with Crippen LogP contribution in [0.3, 0.4) is 0 Å². The summed E-state index contributed by atoms with van der Waals surface area (Å²) in [6.45, 7) is 9.25. The van der Waals surface area contributed by atoms with Gasteiger partial charge in [-0.1, -0.05) is 51.2 Å². The molecule has 1 nitrogen and oxygen atoms in total. The highest BCUT2D eigenvalue weighted by molar-refractivity contribution is 5.35. The molecule has 0 unspecified atom stereocenters. The molecule has 0 heterocycles. The summed E-state index contributed by atoms with van der Waals surface area (Å²) in [6, 6.07) is 0. The van der Waals surface area contributed by atoms with Crippen molar-refractivity contribution in [3.05, 3.63) is 48.8 Å². The molecule has 0 bridgehead atoms. The Bertz CT molecular complexity index is 221. The number of hydrogen-bond acceptors (Lipinski definition) is 1. The molecule has 1 N–H and O–H groups in total. The third-order valence-electron chi connectivity index (χ3n) is 1.73. The molecular formula is C12H18O. The van der Waals surface area contributed by atoms with Crippen molar-refractivity contribution in [3.8, 4) is 0 Å². The second kappa shape index (κ2) is 7.41. The van der Waals surface area contributed by atoms with E-state index in [0.29, 0.717) is 0 Å². The Labute approximate surface area is 80.8 Å². The van der Waals surface area contributed by atoms with Gasteiger partial charge in [0.25, 0.3) is 0 Å². The van der Waals surface area contributed by atoms with Gasteiger partial charge in [-0.3, -0.25) is 0 Å². The van der Waals surface area contributed by atoms with Crippen LogP contribution in [0.5, 0.6) is 0 Å². The molecule has 0 aromatic rings. The molecule has 0 aliphatic heterocycles. The van der Waals surface area contributed by atoms with Crippen molar-refractivity contribution in [1.29, 1.82) is 0 Å². The fourth-order valence-corrected chi connectivity index (χ4v) is 0.908. The molecule has 0 fully saturated rings. The monoisotopic (exact) mass is 178 g/mol. The number of rotatable bonds is 6. The zero-order valence-electron chi connectivity index (χ0n) is 8.29. The normalized spacial score (nSPS) is 12.7. The van der Waals surface area contributed by atoms with E-state index in [-0.39, 0.29) is 5.76 Å². The van der Waals surface area contributed by atoms with Crippen LogP contribution in [0.4, 0.5) is 0 Å². The van der Waals surface area contributed by atoms with E-state index < -0.39 is 0 Å². The minimum atomic E-state index is 0.183. The van der Waals surface area contributed by atoms with E-state index in [1.54, 1.807) is 6.08 Å². The second-order valence-corrected chi connectivity index (χ2v) is 2.79. The van der Waals surface area contributed by atoms with Crippen LogP contribution in [0.15, 0.2) is 48.8 Å². The van der Waals surface area contributed by atoms with Gasteiger partial charge in [-0.05, 0) is 12.5 Å². The summed E-state index contributed by atoms with van der Waals surface area (Å²) >= 11 is 0. The summed E-state index contributed by atoms with van der Waals surface area (Å²) < 4.78 is 0.